The van der Waals surface area contributed by atoms with Crippen LogP contribution in [0.25, 0.3) is 0 Å². The first-order valence-electron chi connectivity index (χ1n) is 8.68. The molecule has 130 valence electrons. The van der Waals surface area contributed by atoms with Crippen LogP contribution in [0.5, 0.6) is 0 Å². The van der Waals surface area contributed by atoms with E-state index in [2.05, 4.69) is 20.6 Å². The lowest BCUT2D eigenvalue weighted by molar-refractivity contribution is 0.192. The van der Waals surface area contributed by atoms with E-state index in [4.69, 9.17) is 0 Å². The normalized spacial score (nSPS) is 24.0. The fraction of sp³-hybridized carbons (Fsp3) is 0.300. The minimum atomic E-state index is -0.611. The van der Waals surface area contributed by atoms with Crippen molar-refractivity contribution in [2.24, 2.45) is 9.98 Å². The minimum absolute atomic E-state index is 0.323. The SMILES string of the molecule is OC1CN=C2C=CC=CC=C2NCCCNC2=CC=CC=CC2=NC1. The second-order valence-corrected chi connectivity index (χ2v) is 5.96. The molecular weight excluding hydrogens is 312 g/mol. The van der Waals surface area contributed by atoms with E-state index in [9.17, 15) is 5.11 Å². The molecule has 3 rings (SSSR count). The van der Waals surface area contributed by atoms with Crippen LogP contribution in [0.2, 0.25) is 0 Å². The molecule has 0 aromatic heterocycles. The number of rotatable bonds is 0. The molecule has 5 nitrogen and oxygen atoms in total. The molecular formula is C20H24N4O. The second-order valence-electron chi connectivity index (χ2n) is 5.96. The summed E-state index contributed by atoms with van der Waals surface area (Å²) in [5, 5.41) is 17.2. The van der Waals surface area contributed by atoms with Crippen molar-refractivity contribution in [2.75, 3.05) is 26.2 Å². The van der Waals surface area contributed by atoms with E-state index in [0.29, 0.717) is 13.1 Å². The summed E-state index contributed by atoms with van der Waals surface area (Å²) in [5.41, 5.74) is 3.69. The molecule has 0 fully saturated rings. The van der Waals surface area contributed by atoms with Crippen molar-refractivity contribution in [3.8, 4) is 0 Å². The van der Waals surface area contributed by atoms with Crippen LogP contribution >= 0.6 is 0 Å². The van der Waals surface area contributed by atoms with Crippen LogP contribution in [-0.4, -0.2) is 48.8 Å². The molecule has 0 saturated carbocycles. The van der Waals surface area contributed by atoms with Crippen molar-refractivity contribution in [1.82, 2.24) is 10.6 Å². The van der Waals surface area contributed by atoms with E-state index in [1.807, 2.05) is 60.8 Å². The van der Waals surface area contributed by atoms with E-state index in [1.54, 1.807) is 0 Å². The van der Waals surface area contributed by atoms with Crippen LogP contribution in [-0.2, 0) is 0 Å². The van der Waals surface area contributed by atoms with E-state index >= 15 is 0 Å². The standard InChI is InChI=1S/C20H24N4O/c25-16-14-23-19-10-5-1-3-8-17(19)21-12-7-13-22-18-9-4-2-6-11-20(18)24-15-16/h1-6,8-11,16,21-22,25H,7,12-15H2. The summed E-state index contributed by atoms with van der Waals surface area (Å²) < 4.78 is 0. The molecule has 1 aliphatic heterocycles. The summed E-state index contributed by atoms with van der Waals surface area (Å²) in [7, 11) is 0. The molecule has 0 unspecified atom stereocenters. The predicted octanol–water partition coefficient (Wildman–Crippen LogP) is 1.83. The molecule has 0 spiro atoms. The highest BCUT2D eigenvalue weighted by Gasteiger charge is 2.10. The van der Waals surface area contributed by atoms with Gasteiger partial charge in [-0.3, -0.25) is 9.98 Å². The topological polar surface area (TPSA) is 69.0 Å². The Labute approximate surface area is 148 Å². The van der Waals surface area contributed by atoms with Gasteiger partial charge in [-0.05, 0) is 30.7 Å². The summed E-state index contributed by atoms with van der Waals surface area (Å²) in [6, 6.07) is 0. The Balaban J connectivity index is 1.80. The third-order valence-corrected chi connectivity index (χ3v) is 3.96. The summed E-state index contributed by atoms with van der Waals surface area (Å²) in [4.78, 5) is 9.15. The van der Waals surface area contributed by atoms with Crippen molar-refractivity contribution < 1.29 is 5.11 Å². The Hall–Kier alpha value is -2.66. The zero-order valence-electron chi connectivity index (χ0n) is 14.2. The van der Waals surface area contributed by atoms with E-state index < -0.39 is 6.10 Å². The first-order chi connectivity index (χ1) is 12.3. The van der Waals surface area contributed by atoms with Gasteiger partial charge in [-0.25, -0.2) is 0 Å². The van der Waals surface area contributed by atoms with Gasteiger partial charge in [0.1, 0.15) is 0 Å². The molecule has 0 aromatic carbocycles. The van der Waals surface area contributed by atoms with Gasteiger partial charge >= 0.3 is 0 Å². The molecule has 0 aromatic rings. The van der Waals surface area contributed by atoms with Crippen molar-refractivity contribution in [2.45, 2.75) is 12.5 Å². The van der Waals surface area contributed by atoms with Gasteiger partial charge in [-0.2, -0.15) is 0 Å². The average Bonchev–Trinajstić information content (AvgIpc) is 2.98. The Bertz CT molecular complexity index is 660. The molecule has 0 atom stereocenters. The van der Waals surface area contributed by atoms with Gasteiger partial charge in [0.05, 0.1) is 42.0 Å². The Kier molecular flexibility index (Phi) is 6.17. The number of aliphatic hydroxyl groups excluding tert-OH is 1. The number of aliphatic imine (C=N–C) groups is 2. The van der Waals surface area contributed by atoms with Crippen molar-refractivity contribution in [3.63, 3.8) is 0 Å². The fourth-order valence-corrected chi connectivity index (χ4v) is 2.65. The van der Waals surface area contributed by atoms with Crippen molar-refractivity contribution in [3.05, 3.63) is 72.2 Å². The Morgan fingerprint density at radius 3 is 1.80 bits per heavy atom. The first kappa shape index (κ1) is 17.2. The van der Waals surface area contributed by atoms with E-state index in [1.165, 1.54) is 0 Å². The fourth-order valence-electron chi connectivity index (χ4n) is 2.65. The zero-order chi connectivity index (χ0) is 17.3. The molecule has 0 radical (unpaired) electrons. The zero-order valence-corrected chi connectivity index (χ0v) is 14.2. The molecule has 25 heavy (non-hydrogen) atoms. The summed E-state index contributed by atoms with van der Waals surface area (Å²) in [5.74, 6) is 0. The van der Waals surface area contributed by atoms with Crippen molar-refractivity contribution >= 4 is 11.4 Å². The molecule has 0 saturated heterocycles. The van der Waals surface area contributed by atoms with Gasteiger partial charge in [0.25, 0.3) is 0 Å². The molecule has 3 N–H and O–H groups in total. The number of aliphatic hydroxyl groups is 1. The number of fused-ring (bicyclic) bond motifs is 2. The number of nitrogens with one attached hydrogen (secondary N) is 2. The van der Waals surface area contributed by atoms with Gasteiger partial charge in [0.15, 0.2) is 0 Å². The van der Waals surface area contributed by atoms with Gasteiger partial charge in [0, 0.05) is 13.1 Å². The molecule has 3 aliphatic rings. The van der Waals surface area contributed by atoms with E-state index in [0.717, 1.165) is 42.3 Å². The lowest BCUT2D eigenvalue weighted by Gasteiger charge is -2.15. The van der Waals surface area contributed by atoms with Gasteiger partial charge in [-0.15, -0.1) is 0 Å². The second kappa shape index (κ2) is 8.99. The van der Waals surface area contributed by atoms with Crippen LogP contribution in [0.3, 0.4) is 0 Å². The quantitative estimate of drug-likeness (QED) is 0.632. The summed E-state index contributed by atoms with van der Waals surface area (Å²) in [6.07, 6.45) is 20.2. The summed E-state index contributed by atoms with van der Waals surface area (Å²) >= 11 is 0. The molecule has 0 bridgehead atoms. The third kappa shape index (κ3) is 5.16. The molecule has 2 aliphatic carbocycles. The maximum absolute atomic E-state index is 10.3. The summed E-state index contributed by atoms with van der Waals surface area (Å²) in [6.45, 7) is 2.33. The predicted molar refractivity (Wildman–Crippen MR) is 104 cm³/mol. The number of hydrogen-bond donors (Lipinski definition) is 3. The smallest absolute Gasteiger partial charge is 0.0930 e. The highest BCUT2D eigenvalue weighted by Crippen LogP contribution is 2.06. The molecule has 1 heterocycles. The van der Waals surface area contributed by atoms with Crippen LogP contribution in [0, 0.1) is 0 Å². The molecule has 0 amide bonds. The van der Waals surface area contributed by atoms with Crippen LogP contribution in [0.4, 0.5) is 0 Å². The lowest BCUT2D eigenvalue weighted by atomic mass is 10.2. The monoisotopic (exact) mass is 336 g/mol. The van der Waals surface area contributed by atoms with Gasteiger partial charge in [-0.1, -0.05) is 36.5 Å². The van der Waals surface area contributed by atoms with Crippen molar-refractivity contribution in [1.29, 1.82) is 0 Å². The Morgan fingerprint density at radius 1 is 0.760 bits per heavy atom. The minimum Gasteiger partial charge on any atom is -0.389 e. The highest BCUT2D eigenvalue weighted by atomic mass is 16.3. The average molecular weight is 336 g/mol. The largest absolute Gasteiger partial charge is 0.389 e. The lowest BCUT2D eigenvalue weighted by Crippen LogP contribution is -2.28. The third-order valence-electron chi connectivity index (χ3n) is 3.96. The number of hydrogen-bond acceptors (Lipinski definition) is 5. The Morgan fingerprint density at radius 2 is 1.28 bits per heavy atom. The van der Waals surface area contributed by atoms with Crippen LogP contribution in [0.15, 0.2) is 82.1 Å². The maximum atomic E-state index is 10.3. The van der Waals surface area contributed by atoms with Gasteiger partial charge < -0.3 is 15.7 Å². The maximum Gasteiger partial charge on any atom is 0.0930 e. The van der Waals surface area contributed by atoms with E-state index in [-0.39, 0.29) is 0 Å². The molecule has 5 heteroatoms. The van der Waals surface area contributed by atoms with Crippen LogP contribution < -0.4 is 10.6 Å². The first-order valence-corrected chi connectivity index (χ1v) is 8.68. The number of allylic oxidation sites excluding steroid dienone is 10. The van der Waals surface area contributed by atoms with Gasteiger partial charge in [0.2, 0.25) is 0 Å². The highest BCUT2D eigenvalue weighted by molar-refractivity contribution is 6.09. The van der Waals surface area contributed by atoms with Crippen LogP contribution in [0.1, 0.15) is 6.42 Å². The number of nitrogens with zero attached hydrogens (tertiary/aromatic N) is 2.